The van der Waals surface area contributed by atoms with Crippen molar-refractivity contribution in [2.45, 2.75) is 19.8 Å². The zero-order valence-corrected chi connectivity index (χ0v) is 11.4. The molecule has 0 spiro atoms. The second kappa shape index (κ2) is 4.71. The van der Waals surface area contributed by atoms with Crippen LogP contribution in [-0.4, -0.2) is 12.1 Å². The minimum Gasteiger partial charge on any atom is -0.495 e. The van der Waals surface area contributed by atoms with E-state index in [1.54, 1.807) is 13.2 Å². The van der Waals surface area contributed by atoms with E-state index in [1.165, 1.54) is 0 Å². The lowest BCUT2D eigenvalue weighted by atomic mass is 10.1. The second-order valence-electron chi connectivity index (χ2n) is 4.19. The molecule has 0 aliphatic carbocycles. The normalized spacial score (nSPS) is 11.2. The Bertz CT molecular complexity index is 567. The number of pyridine rings is 1. The number of methoxy groups -OCH3 is 1. The molecule has 2 nitrogen and oxygen atoms in total. The first-order valence-corrected chi connectivity index (χ1v) is 6.12. The number of hydrogen-bond donors (Lipinski definition) is 0. The van der Waals surface area contributed by atoms with Crippen molar-refractivity contribution in [1.29, 1.82) is 0 Å². The first kappa shape index (κ1) is 12.5. The van der Waals surface area contributed by atoms with E-state index in [-0.39, 0.29) is 0 Å². The van der Waals surface area contributed by atoms with E-state index in [4.69, 9.17) is 27.9 Å². The summed E-state index contributed by atoms with van der Waals surface area (Å²) < 4.78 is 5.18. The van der Waals surface area contributed by atoms with Crippen LogP contribution in [0.25, 0.3) is 10.9 Å². The minimum atomic E-state index is 0.332. The summed E-state index contributed by atoms with van der Waals surface area (Å²) >= 11 is 12.3. The van der Waals surface area contributed by atoms with Gasteiger partial charge in [0, 0.05) is 17.1 Å². The van der Waals surface area contributed by atoms with Gasteiger partial charge in [0.25, 0.3) is 0 Å². The number of benzene rings is 1. The Labute approximate surface area is 111 Å². The number of nitrogens with zero attached hydrogens (tertiary/aromatic N) is 1. The molecule has 1 aromatic heterocycles. The Morgan fingerprint density at radius 2 is 1.82 bits per heavy atom. The first-order chi connectivity index (χ1) is 8.02. The largest absolute Gasteiger partial charge is 0.495 e. The monoisotopic (exact) mass is 269 g/mol. The third kappa shape index (κ3) is 2.33. The maximum absolute atomic E-state index is 6.23. The molecule has 0 bridgehead atoms. The molecule has 4 heteroatoms. The van der Waals surface area contributed by atoms with Gasteiger partial charge in [-0.25, -0.2) is 0 Å². The Balaban J connectivity index is 2.74. The third-order valence-electron chi connectivity index (χ3n) is 2.64. The molecule has 90 valence electrons. The van der Waals surface area contributed by atoms with Gasteiger partial charge in [0.2, 0.25) is 0 Å². The summed E-state index contributed by atoms with van der Waals surface area (Å²) in [5.74, 6) is 0.946. The van der Waals surface area contributed by atoms with E-state index in [1.807, 2.05) is 12.1 Å². The number of aromatic nitrogens is 1. The van der Waals surface area contributed by atoms with Gasteiger partial charge in [0.15, 0.2) is 0 Å². The lowest BCUT2D eigenvalue weighted by Crippen LogP contribution is -1.94. The van der Waals surface area contributed by atoms with Gasteiger partial charge in [0.05, 0.1) is 22.7 Å². The van der Waals surface area contributed by atoms with Crippen molar-refractivity contribution in [2.75, 3.05) is 7.11 Å². The molecule has 0 unspecified atom stereocenters. The maximum Gasteiger partial charge on any atom is 0.139 e. The van der Waals surface area contributed by atoms with E-state index in [2.05, 4.69) is 18.8 Å². The van der Waals surface area contributed by atoms with Crippen LogP contribution in [0.3, 0.4) is 0 Å². The van der Waals surface area contributed by atoms with E-state index in [9.17, 15) is 0 Å². The molecular formula is C13H13Cl2NO. The van der Waals surface area contributed by atoms with Crippen molar-refractivity contribution in [2.24, 2.45) is 0 Å². The maximum atomic E-state index is 6.23. The molecule has 0 amide bonds. The highest BCUT2D eigenvalue weighted by molar-refractivity contribution is 6.37. The molecule has 0 saturated heterocycles. The predicted molar refractivity (Wildman–Crippen MR) is 72.4 cm³/mol. The highest BCUT2D eigenvalue weighted by Crippen LogP contribution is 2.33. The van der Waals surface area contributed by atoms with Crippen molar-refractivity contribution in [3.05, 3.63) is 33.9 Å². The van der Waals surface area contributed by atoms with Gasteiger partial charge in [-0.05, 0) is 18.1 Å². The average Bonchev–Trinajstić information content (AvgIpc) is 2.29. The summed E-state index contributed by atoms with van der Waals surface area (Å²) in [5.41, 5.74) is 1.77. The predicted octanol–water partition coefficient (Wildman–Crippen LogP) is 4.67. The van der Waals surface area contributed by atoms with Crippen LogP contribution in [0.5, 0.6) is 5.75 Å². The van der Waals surface area contributed by atoms with Crippen molar-refractivity contribution in [1.82, 2.24) is 4.98 Å². The van der Waals surface area contributed by atoms with Gasteiger partial charge >= 0.3 is 0 Å². The lowest BCUT2D eigenvalue weighted by molar-refractivity contribution is 0.415. The molecule has 17 heavy (non-hydrogen) atoms. The van der Waals surface area contributed by atoms with Crippen LogP contribution in [0.15, 0.2) is 18.2 Å². The fourth-order valence-electron chi connectivity index (χ4n) is 1.66. The average molecular weight is 270 g/mol. The Kier molecular flexibility index (Phi) is 3.45. The summed E-state index contributed by atoms with van der Waals surface area (Å²) in [6, 6.07) is 5.49. The summed E-state index contributed by atoms with van der Waals surface area (Å²) in [6.07, 6.45) is 0. The van der Waals surface area contributed by atoms with E-state index in [0.29, 0.717) is 21.7 Å². The van der Waals surface area contributed by atoms with Gasteiger partial charge in [0.1, 0.15) is 5.75 Å². The molecule has 1 heterocycles. The van der Waals surface area contributed by atoms with Crippen molar-refractivity contribution in [3.63, 3.8) is 0 Å². The zero-order chi connectivity index (χ0) is 12.6. The lowest BCUT2D eigenvalue weighted by Gasteiger charge is -2.10. The summed E-state index contributed by atoms with van der Waals surface area (Å²) in [7, 11) is 1.58. The Morgan fingerprint density at radius 1 is 1.12 bits per heavy atom. The number of hydrogen-bond acceptors (Lipinski definition) is 2. The van der Waals surface area contributed by atoms with E-state index < -0.39 is 0 Å². The SMILES string of the molecule is COc1cc2nc(C(C)C)cc(Cl)c2cc1Cl. The van der Waals surface area contributed by atoms with Crippen molar-refractivity contribution < 1.29 is 4.74 Å². The first-order valence-electron chi connectivity index (χ1n) is 5.36. The van der Waals surface area contributed by atoms with Crippen LogP contribution in [0.4, 0.5) is 0 Å². The molecule has 0 aliphatic heterocycles. The summed E-state index contributed by atoms with van der Waals surface area (Å²) in [5, 5.41) is 2.06. The number of fused-ring (bicyclic) bond motifs is 1. The van der Waals surface area contributed by atoms with Crippen LogP contribution in [0.2, 0.25) is 10.0 Å². The van der Waals surface area contributed by atoms with Gasteiger partial charge in [-0.2, -0.15) is 0 Å². The highest BCUT2D eigenvalue weighted by Gasteiger charge is 2.10. The molecule has 0 aliphatic rings. The molecule has 2 rings (SSSR count). The molecule has 0 atom stereocenters. The minimum absolute atomic E-state index is 0.332. The van der Waals surface area contributed by atoms with Crippen molar-refractivity contribution >= 4 is 34.1 Å². The molecule has 0 saturated carbocycles. The van der Waals surface area contributed by atoms with Crippen molar-refractivity contribution in [3.8, 4) is 5.75 Å². The van der Waals surface area contributed by atoms with E-state index in [0.717, 1.165) is 16.6 Å². The smallest absolute Gasteiger partial charge is 0.139 e. The number of halogens is 2. The van der Waals surface area contributed by atoms with Crippen LogP contribution in [0, 0.1) is 0 Å². The topological polar surface area (TPSA) is 22.1 Å². The van der Waals surface area contributed by atoms with Gasteiger partial charge in [-0.15, -0.1) is 0 Å². The van der Waals surface area contributed by atoms with Crippen LogP contribution >= 0.6 is 23.2 Å². The summed E-state index contributed by atoms with van der Waals surface area (Å²) in [4.78, 5) is 4.56. The molecular weight excluding hydrogens is 257 g/mol. The molecule has 1 aromatic carbocycles. The fourth-order valence-corrected chi connectivity index (χ4v) is 2.16. The molecule has 0 radical (unpaired) electrons. The Morgan fingerprint density at radius 3 is 2.41 bits per heavy atom. The molecule has 0 N–H and O–H groups in total. The van der Waals surface area contributed by atoms with Crippen LogP contribution in [-0.2, 0) is 0 Å². The van der Waals surface area contributed by atoms with E-state index >= 15 is 0 Å². The highest BCUT2D eigenvalue weighted by atomic mass is 35.5. The second-order valence-corrected chi connectivity index (χ2v) is 5.00. The van der Waals surface area contributed by atoms with Gasteiger partial charge < -0.3 is 4.74 Å². The fraction of sp³-hybridized carbons (Fsp3) is 0.308. The number of rotatable bonds is 2. The Hall–Kier alpha value is -0.990. The standard InChI is InChI=1S/C13H13Cl2NO/c1-7(2)11-5-9(14)8-4-10(15)13(17-3)6-12(8)16-11/h4-7H,1-3H3. The molecule has 2 aromatic rings. The van der Waals surface area contributed by atoms with Crippen LogP contribution < -0.4 is 4.74 Å². The van der Waals surface area contributed by atoms with Gasteiger partial charge in [-0.1, -0.05) is 37.0 Å². The number of ether oxygens (including phenoxy) is 1. The third-order valence-corrected chi connectivity index (χ3v) is 3.25. The van der Waals surface area contributed by atoms with Crippen LogP contribution in [0.1, 0.15) is 25.5 Å². The quantitative estimate of drug-likeness (QED) is 0.790. The van der Waals surface area contributed by atoms with Gasteiger partial charge in [-0.3, -0.25) is 4.98 Å². The zero-order valence-electron chi connectivity index (χ0n) is 9.92. The molecule has 0 fully saturated rings. The summed E-state index contributed by atoms with van der Waals surface area (Å²) in [6.45, 7) is 4.16.